The van der Waals surface area contributed by atoms with Crippen LogP contribution in [0.3, 0.4) is 0 Å². The van der Waals surface area contributed by atoms with Gasteiger partial charge in [0, 0.05) is 12.6 Å². The number of fused-ring (bicyclic) bond motifs is 2. The number of hydrogen-bond donors (Lipinski definition) is 3. The fourth-order valence-corrected chi connectivity index (χ4v) is 2.60. The Morgan fingerprint density at radius 2 is 2.43 bits per heavy atom. The summed E-state index contributed by atoms with van der Waals surface area (Å²) in [5.74, 6) is -2.66. The van der Waals surface area contributed by atoms with Crippen molar-refractivity contribution in [3.63, 3.8) is 0 Å². The molecule has 1 aromatic rings. The van der Waals surface area contributed by atoms with Crippen LogP contribution in [-0.4, -0.2) is 57.4 Å². The van der Waals surface area contributed by atoms with Crippen LogP contribution >= 0.6 is 0 Å². The van der Waals surface area contributed by atoms with Gasteiger partial charge in [0.2, 0.25) is 12.1 Å². The van der Waals surface area contributed by atoms with E-state index in [0.29, 0.717) is 0 Å². The minimum atomic E-state index is -2.11. The number of ether oxygens (including phenoxy) is 3. The van der Waals surface area contributed by atoms with Crippen LogP contribution in [0, 0.1) is 0 Å². The van der Waals surface area contributed by atoms with Gasteiger partial charge in [0.15, 0.2) is 5.82 Å². The van der Waals surface area contributed by atoms with Crippen molar-refractivity contribution in [3.05, 3.63) is 11.8 Å². The number of nitrogens with zero attached hydrogens (tertiary/aromatic N) is 2. The molecule has 0 spiro atoms. The number of aliphatic hydroxyl groups is 2. The zero-order valence-corrected chi connectivity index (χ0v) is 11.4. The number of hydrogen-bond acceptors (Lipinski definition) is 8. The number of nitrogen functional groups attached to an aromatic ring is 1. The van der Waals surface area contributed by atoms with E-state index in [4.69, 9.17) is 19.9 Å². The molecule has 9 nitrogen and oxygen atoms in total. The number of rotatable bonds is 3. The van der Waals surface area contributed by atoms with Gasteiger partial charge in [-0.25, -0.2) is 4.79 Å². The third kappa shape index (κ3) is 2.38. The van der Waals surface area contributed by atoms with Crippen molar-refractivity contribution in [3.8, 4) is 0 Å². The van der Waals surface area contributed by atoms with Crippen molar-refractivity contribution >= 4 is 11.8 Å². The van der Waals surface area contributed by atoms with Gasteiger partial charge >= 0.3 is 5.97 Å². The molecule has 4 N–H and O–H groups in total. The molecule has 21 heavy (non-hydrogen) atoms. The highest BCUT2D eigenvalue weighted by Crippen LogP contribution is 2.39. The number of aromatic nitrogens is 2. The van der Waals surface area contributed by atoms with Crippen molar-refractivity contribution in [1.29, 1.82) is 0 Å². The molecule has 0 amide bonds. The lowest BCUT2D eigenvalue weighted by atomic mass is 9.99. The molecule has 0 unspecified atom stereocenters. The summed E-state index contributed by atoms with van der Waals surface area (Å²) < 4.78 is 16.9. The molecule has 3 rings (SSSR count). The molecule has 2 saturated heterocycles. The smallest absolute Gasteiger partial charge is 0.343 e. The van der Waals surface area contributed by atoms with Crippen molar-refractivity contribution < 1.29 is 29.2 Å². The number of nitrogens with two attached hydrogens (primary N) is 1. The molecule has 1 aromatic heterocycles. The number of carbonyl (C=O) groups is 1. The predicted molar refractivity (Wildman–Crippen MR) is 68.0 cm³/mol. The minimum Gasteiger partial charge on any atom is -0.462 e. The summed E-state index contributed by atoms with van der Waals surface area (Å²) in [4.78, 5) is 11.7. The first-order valence-electron chi connectivity index (χ1n) is 6.66. The van der Waals surface area contributed by atoms with E-state index in [1.54, 1.807) is 6.92 Å². The number of esters is 1. The number of carbonyl (C=O) groups excluding carboxylic acids is 1. The van der Waals surface area contributed by atoms with Crippen molar-refractivity contribution in [2.75, 3.05) is 18.9 Å². The summed E-state index contributed by atoms with van der Waals surface area (Å²) in [6.07, 6.45) is -0.0464. The lowest BCUT2D eigenvalue weighted by Crippen LogP contribution is -2.50. The Hall–Kier alpha value is -1.68. The van der Waals surface area contributed by atoms with Crippen LogP contribution in [0.5, 0.6) is 0 Å². The first-order valence-corrected chi connectivity index (χ1v) is 6.66. The Kier molecular flexibility index (Phi) is 3.36. The maximum absolute atomic E-state index is 11.7. The van der Waals surface area contributed by atoms with Crippen LogP contribution in [0.15, 0.2) is 6.20 Å². The van der Waals surface area contributed by atoms with E-state index < -0.39 is 24.1 Å². The Labute approximate surface area is 120 Å². The summed E-state index contributed by atoms with van der Waals surface area (Å²) >= 11 is 0. The van der Waals surface area contributed by atoms with Crippen molar-refractivity contribution in [1.82, 2.24) is 9.78 Å². The highest BCUT2D eigenvalue weighted by atomic mass is 16.8. The summed E-state index contributed by atoms with van der Waals surface area (Å²) in [5, 5.41) is 23.9. The van der Waals surface area contributed by atoms with Gasteiger partial charge in [-0.15, -0.1) is 0 Å². The van der Waals surface area contributed by atoms with Crippen molar-refractivity contribution in [2.24, 2.45) is 0 Å². The van der Waals surface area contributed by atoms with Gasteiger partial charge in [-0.2, -0.15) is 5.10 Å². The van der Waals surface area contributed by atoms with E-state index >= 15 is 0 Å². The number of anilines is 1. The van der Waals surface area contributed by atoms with Crippen LogP contribution in [0.4, 0.5) is 5.82 Å². The molecule has 0 radical (unpaired) electrons. The fraction of sp³-hybridized carbons (Fsp3) is 0.667. The maximum atomic E-state index is 11.7. The zero-order valence-electron chi connectivity index (χ0n) is 11.4. The molecule has 3 atom stereocenters. The average Bonchev–Trinajstić information content (AvgIpc) is 3.00. The van der Waals surface area contributed by atoms with E-state index in [0.717, 1.165) is 0 Å². The largest absolute Gasteiger partial charge is 0.462 e. The molecule has 116 valence electrons. The second kappa shape index (κ2) is 4.95. The second-order valence-corrected chi connectivity index (χ2v) is 5.12. The monoisotopic (exact) mass is 299 g/mol. The third-order valence-corrected chi connectivity index (χ3v) is 3.62. The van der Waals surface area contributed by atoms with Crippen LogP contribution in [0.1, 0.15) is 29.7 Å². The van der Waals surface area contributed by atoms with Crippen LogP contribution in [-0.2, 0) is 14.2 Å². The average molecular weight is 299 g/mol. The Morgan fingerprint density at radius 1 is 1.67 bits per heavy atom. The predicted octanol–water partition coefficient (Wildman–Crippen LogP) is -0.991. The zero-order chi connectivity index (χ0) is 15.2. The molecule has 2 bridgehead atoms. The van der Waals surface area contributed by atoms with E-state index in [1.807, 2.05) is 0 Å². The topological polar surface area (TPSA) is 129 Å². The molecule has 2 aliphatic rings. The van der Waals surface area contributed by atoms with Crippen LogP contribution < -0.4 is 5.73 Å². The quantitative estimate of drug-likeness (QED) is 0.479. The summed E-state index contributed by atoms with van der Waals surface area (Å²) in [6.45, 7) is 2.13. The lowest BCUT2D eigenvalue weighted by Gasteiger charge is -2.36. The fourth-order valence-electron chi connectivity index (χ4n) is 2.60. The van der Waals surface area contributed by atoms with E-state index in [1.165, 1.54) is 10.9 Å². The lowest BCUT2D eigenvalue weighted by molar-refractivity contribution is -0.315. The summed E-state index contributed by atoms with van der Waals surface area (Å²) in [6, 6.07) is -0.496. The van der Waals surface area contributed by atoms with Crippen molar-refractivity contribution in [2.45, 2.75) is 37.6 Å². The molecule has 0 saturated carbocycles. The second-order valence-electron chi connectivity index (χ2n) is 5.12. The van der Waals surface area contributed by atoms with Crippen LogP contribution in [0.2, 0.25) is 0 Å². The molecular formula is C12H17N3O6. The minimum absolute atomic E-state index is 0.0240. The van der Waals surface area contributed by atoms with E-state index in [2.05, 4.69) is 5.10 Å². The highest BCUT2D eigenvalue weighted by Gasteiger charge is 2.53. The maximum Gasteiger partial charge on any atom is 0.343 e. The Balaban J connectivity index is 1.87. The molecule has 3 heterocycles. The van der Waals surface area contributed by atoms with Gasteiger partial charge in [0.1, 0.15) is 11.7 Å². The SMILES string of the molecule is CCOC(=O)c1cn([C@H]2CC(O)(O)[C@H]3OC[C@@H]2O3)nc1N. The highest BCUT2D eigenvalue weighted by molar-refractivity contribution is 5.93. The molecule has 2 aliphatic heterocycles. The Bertz CT molecular complexity index is 557. The van der Waals surface area contributed by atoms with Gasteiger partial charge in [-0.1, -0.05) is 0 Å². The van der Waals surface area contributed by atoms with Gasteiger partial charge in [0.05, 0.1) is 19.3 Å². The normalized spacial score (nSPS) is 30.3. The van der Waals surface area contributed by atoms with Crippen LogP contribution in [0.25, 0.3) is 0 Å². The van der Waals surface area contributed by atoms with E-state index in [-0.39, 0.29) is 37.1 Å². The third-order valence-electron chi connectivity index (χ3n) is 3.62. The standard InChI is InChI=1S/C12H17N3O6/c1-2-19-10(16)6-4-15(14-9(6)13)7-3-12(17,18)11-20-5-8(7)21-11/h4,7-8,11,17-18H,2-3,5H2,1H3,(H2,13,14)/t7-,8-,11-/m0/s1. The summed E-state index contributed by atoms with van der Waals surface area (Å²) in [7, 11) is 0. The van der Waals surface area contributed by atoms with E-state index in [9.17, 15) is 15.0 Å². The van der Waals surface area contributed by atoms with Gasteiger partial charge in [-0.3, -0.25) is 4.68 Å². The molecular weight excluding hydrogens is 282 g/mol. The first-order chi connectivity index (χ1) is 9.92. The molecule has 0 aromatic carbocycles. The molecule has 2 fully saturated rings. The van der Waals surface area contributed by atoms with Gasteiger partial charge in [-0.05, 0) is 6.92 Å². The summed E-state index contributed by atoms with van der Waals surface area (Å²) in [5.41, 5.74) is 5.85. The van der Waals surface area contributed by atoms with Gasteiger partial charge in [0.25, 0.3) is 0 Å². The molecule has 9 heteroatoms. The molecule has 0 aliphatic carbocycles. The Morgan fingerprint density at radius 3 is 3.14 bits per heavy atom. The first kappa shape index (κ1) is 14.3. The van der Waals surface area contributed by atoms with Gasteiger partial charge < -0.3 is 30.2 Å².